The first kappa shape index (κ1) is 18.8. The first-order chi connectivity index (χ1) is 14.0. The maximum Gasteiger partial charge on any atom is 0.354 e. The molecular weight excluding hydrogens is 394 g/mol. The summed E-state index contributed by atoms with van der Waals surface area (Å²) >= 11 is 1.27. The fourth-order valence-corrected chi connectivity index (χ4v) is 3.65. The fraction of sp³-hybridized carbons (Fsp3) is 0.150. The molecule has 3 aromatic heterocycles. The Morgan fingerprint density at radius 1 is 1.24 bits per heavy atom. The number of furan rings is 1. The highest BCUT2D eigenvalue weighted by Crippen LogP contribution is 2.30. The number of fused-ring (bicyclic) bond motifs is 1. The topological polar surface area (TPSA) is 106 Å². The van der Waals surface area contributed by atoms with Crippen LogP contribution in [0.1, 0.15) is 26.6 Å². The highest BCUT2D eigenvalue weighted by molar-refractivity contribution is 7.14. The Bertz CT molecular complexity index is 1220. The number of thiazole rings is 1. The van der Waals surface area contributed by atoms with Gasteiger partial charge < -0.3 is 18.9 Å². The van der Waals surface area contributed by atoms with Crippen LogP contribution in [0, 0.1) is 6.92 Å². The molecule has 0 aliphatic rings. The molecule has 9 heteroatoms. The molecular formula is C20H17N3O5S. The number of nitrogens with one attached hydrogen (secondary N) is 2. The molecule has 29 heavy (non-hydrogen) atoms. The van der Waals surface area contributed by atoms with E-state index in [0.717, 1.165) is 10.9 Å². The minimum absolute atomic E-state index is 0.222. The lowest BCUT2D eigenvalue weighted by Gasteiger charge is -1.99. The number of ether oxygens (including phenoxy) is 2. The third kappa shape index (κ3) is 3.47. The molecule has 0 aliphatic carbocycles. The molecule has 0 radical (unpaired) electrons. The summed E-state index contributed by atoms with van der Waals surface area (Å²) in [6, 6.07) is 7.02. The van der Waals surface area contributed by atoms with E-state index in [1.54, 1.807) is 36.9 Å². The maximum atomic E-state index is 12.7. The Kier molecular flexibility index (Phi) is 4.81. The molecule has 0 spiro atoms. The van der Waals surface area contributed by atoms with Crippen LogP contribution in [0.25, 0.3) is 22.2 Å². The number of carbonyl (C=O) groups is 2. The maximum absolute atomic E-state index is 12.7. The van der Waals surface area contributed by atoms with E-state index < -0.39 is 5.97 Å². The molecule has 0 fully saturated rings. The first-order valence-corrected chi connectivity index (χ1v) is 9.49. The van der Waals surface area contributed by atoms with Gasteiger partial charge in [0, 0.05) is 28.1 Å². The molecule has 0 bridgehead atoms. The van der Waals surface area contributed by atoms with Crippen molar-refractivity contribution in [2.75, 3.05) is 19.5 Å². The standard InChI is InChI=1S/C20H17N3O5S/c1-10-13-7-12(26-2)4-5-16(13)28-17(10)18(24)23-20-22-15(9-29-20)11-6-14(21-8-11)19(25)27-3/h4-9,21H,1-3H3,(H,22,23,24). The van der Waals surface area contributed by atoms with Gasteiger partial charge in [-0.3, -0.25) is 10.1 Å². The number of nitrogens with zero attached hydrogens (tertiary/aromatic N) is 1. The summed E-state index contributed by atoms with van der Waals surface area (Å²) in [4.78, 5) is 31.5. The van der Waals surface area contributed by atoms with Gasteiger partial charge in [-0.2, -0.15) is 0 Å². The van der Waals surface area contributed by atoms with Crippen LogP contribution in [0.4, 0.5) is 5.13 Å². The largest absolute Gasteiger partial charge is 0.497 e. The van der Waals surface area contributed by atoms with E-state index >= 15 is 0 Å². The predicted molar refractivity (Wildman–Crippen MR) is 109 cm³/mol. The van der Waals surface area contributed by atoms with Crippen molar-refractivity contribution in [1.82, 2.24) is 9.97 Å². The summed E-state index contributed by atoms with van der Waals surface area (Å²) in [7, 11) is 2.90. The second kappa shape index (κ2) is 7.44. The Balaban J connectivity index is 1.55. The van der Waals surface area contributed by atoms with Crippen LogP contribution in [0.5, 0.6) is 5.75 Å². The lowest BCUT2D eigenvalue weighted by molar-refractivity contribution is 0.0594. The van der Waals surface area contributed by atoms with E-state index in [1.807, 2.05) is 13.0 Å². The zero-order chi connectivity index (χ0) is 20.5. The molecule has 3 heterocycles. The van der Waals surface area contributed by atoms with E-state index in [2.05, 4.69) is 20.0 Å². The van der Waals surface area contributed by atoms with Crippen molar-refractivity contribution < 1.29 is 23.5 Å². The van der Waals surface area contributed by atoms with Crippen molar-refractivity contribution in [2.45, 2.75) is 6.92 Å². The molecule has 0 atom stereocenters. The van der Waals surface area contributed by atoms with Gasteiger partial charge in [-0.15, -0.1) is 11.3 Å². The quantitative estimate of drug-likeness (QED) is 0.476. The average molecular weight is 411 g/mol. The average Bonchev–Trinajstić information content (AvgIpc) is 3.46. The number of hydrogen-bond donors (Lipinski definition) is 2. The van der Waals surface area contributed by atoms with Crippen molar-refractivity contribution in [3.63, 3.8) is 0 Å². The van der Waals surface area contributed by atoms with Gasteiger partial charge in [-0.25, -0.2) is 9.78 Å². The number of anilines is 1. The van der Waals surface area contributed by atoms with Gasteiger partial charge in [0.05, 0.1) is 19.9 Å². The van der Waals surface area contributed by atoms with Crippen molar-refractivity contribution in [1.29, 1.82) is 0 Å². The van der Waals surface area contributed by atoms with Crippen LogP contribution in [0.3, 0.4) is 0 Å². The van der Waals surface area contributed by atoms with Gasteiger partial charge in [0.1, 0.15) is 17.0 Å². The number of rotatable bonds is 5. The van der Waals surface area contributed by atoms with Crippen molar-refractivity contribution in [3.8, 4) is 17.0 Å². The van der Waals surface area contributed by atoms with Crippen LogP contribution in [-0.4, -0.2) is 36.1 Å². The van der Waals surface area contributed by atoms with Crippen molar-refractivity contribution in [3.05, 3.63) is 52.9 Å². The minimum Gasteiger partial charge on any atom is -0.497 e. The SMILES string of the molecule is COC(=O)c1cc(-c2csc(NC(=O)c3oc4ccc(OC)cc4c3C)n2)c[nH]1. The van der Waals surface area contributed by atoms with Gasteiger partial charge in [0.25, 0.3) is 5.91 Å². The van der Waals surface area contributed by atoms with Gasteiger partial charge in [-0.1, -0.05) is 0 Å². The minimum atomic E-state index is -0.461. The van der Waals surface area contributed by atoms with Crippen molar-refractivity contribution >= 4 is 39.3 Å². The molecule has 1 aromatic carbocycles. The number of benzene rings is 1. The van der Waals surface area contributed by atoms with E-state index in [0.29, 0.717) is 33.4 Å². The number of aryl methyl sites for hydroxylation is 1. The van der Waals surface area contributed by atoms with Crippen LogP contribution in [-0.2, 0) is 4.74 Å². The number of carbonyl (C=O) groups excluding carboxylic acids is 2. The van der Waals surface area contributed by atoms with Gasteiger partial charge >= 0.3 is 5.97 Å². The zero-order valence-electron chi connectivity index (χ0n) is 15.9. The highest BCUT2D eigenvalue weighted by Gasteiger charge is 2.20. The van der Waals surface area contributed by atoms with Gasteiger partial charge in [-0.05, 0) is 31.2 Å². The van der Waals surface area contributed by atoms with Crippen molar-refractivity contribution in [2.24, 2.45) is 0 Å². The second-order valence-electron chi connectivity index (χ2n) is 6.20. The molecule has 0 saturated heterocycles. The van der Waals surface area contributed by atoms with Crippen LogP contribution < -0.4 is 10.1 Å². The van der Waals surface area contributed by atoms with Gasteiger partial charge in [0.2, 0.25) is 0 Å². The molecule has 4 rings (SSSR count). The highest BCUT2D eigenvalue weighted by atomic mass is 32.1. The molecule has 1 amide bonds. The molecule has 8 nitrogen and oxygen atoms in total. The molecule has 0 unspecified atom stereocenters. The number of aromatic amines is 1. The number of amides is 1. The first-order valence-electron chi connectivity index (χ1n) is 8.61. The number of esters is 1. The summed E-state index contributed by atoms with van der Waals surface area (Å²) in [5.74, 6) is 0.0651. The number of aromatic nitrogens is 2. The third-order valence-corrected chi connectivity index (χ3v) is 5.22. The summed E-state index contributed by atoms with van der Waals surface area (Å²) in [5.41, 5.74) is 3.00. The van der Waals surface area contributed by atoms with E-state index in [4.69, 9.17) is 9.15 Å². The smallest absolute Gasteiger partial charge is 0.354 e. The Labute approximate surface area is 169 Å². The number of methoxy groups -OCH3 is 2. The summed E-state index contributed by atoms with van der Waals surface area (Å²) < 4.78 is 15.6. The molecule has 0 aliphatic heterocycles. The van der Waals surface area contributed by atoms with Crippen LogP contribution >= 0.6 is 11.3 Å². The predicted octanol–water partition coefficient (Wildman–Crippen LogP) is 4.24. The van der Waals surface area contributed by atoms with Gasteiger partial charge in [0.15, 0.2) is 10.9 Å². The molecule has 4 aromatic rings. The van der Waals surface area contributed by atoms with Crippen LogP contribution in [0.2, 0.25) is 0 Å². The Hall–Kier alpha value is -3.59. The molecule has 148 valence electrons. The summed E-state index contributed by atoms with van der Waals surface area (Å²) in [5, 5.41) is 5.79. The Morgan fingerprint density at radius 2 is 2.07 bits per heavy atom. The lowest BCUT2D eigenvalue weighted by atomic mass is 10.1. The monoisotopic (exact) mass is 411 g/mol. The lowest BCUT2D eigenvalue weighted by Crippen LogP contribution is -2.11. The zero-order valence-corrected chi connectivity index (χ0v) is 16.7. The second-order valence-corrected chi connectivity index (χ2v) is 7.06. The normalized spacial score (nSPS) is 10.9. The molecule has 0 saturated carbocycles. The van der Waals surface area contributed by atoms with E-state index in [9.17, 15) is 9.59 Å². The number of H-pyrrole nitrogens is 1. The molecule has 2 N–H and O–H groups in total. The van der Waals surface area contributed by atoms with E-state index in [1.165, 1.54) is 18.4 Å². The van der Waals surface area contributed by atoms with Crippen LogP contribution in [0.15, 0.2) is 40.3 Å². The van der Waals surface area contributed by atoms with E-state index in [-0.39, 0.29) is 11.7 Å². The summed E-state index contributed by atoms with van der Waals surface area (Å²) in [6.45, 7) is 1.82. The fourth-order valence-electron chi connectivity index (χ4n) is 2.93. The summed E-state index contributed by atoms with van der Waals surface area (Å²) in [6.07, 6.45) is 1.66. The Morgan fingerprint density at radius 3 is 2.83 bits per heavy atom. The number of hydrogen-bond acceptors (Lipinski definition) is 7. The third-order valence-electron chi connectivity index (χ3n) is 4.46.